The molecule has 2 aliphatic rings. The van der Waals surface area contributed by atoms with Crippen molar-refractivity contribution in [2.24, 2.45) is 0 Å². The number of nitrogens with one attached hydrogen (secondary N) is 1. The highest BCUT2D eigenvalue weighted by molar-refractivity contribution is 7.89. The van der Waals surface area contributed by atoms with Gasteiger partial charge in [-0.3, -0.25) is 19.2 Å². The summed E-state index contributed by atoms with van der Waals surface area (Å²) >= 11 is 5.84. The van der Waals surface area contributed by atoms with Gasteiger partial charge in [-0.15, -0.1) is 0 Å². The number of benzene rings is 2. The van der Waals surface area contributed by atoms with Crippen LogP contribution in [0.25, 0.3) is 0 Å². The van der Waals surface area contributed by atoms with Crippen LogP contribution in [-0.4, -0.2) is 37.1 Å². The number of aryl methyl sites for hydroxylation is 3. The van der Waals surface area contributed by atoms with Gasteiger partial charge in [0.05, 0.1) is 11.9 Å². The molecule has 1 saturated heterocycles. The van der Waals surface area contributed by atoms with E-state index in [2.05, 4.69) is 0 Å². The van der Waals surface area contributed by atoms with E-state index in [1.807, 2.05) is 65.9 Å². The summed E-state index contributed by atoms with van der Waals surface area (Å²) < 4.78 is 24.3. The Morgan fingerprint density at radius 1 is 1.06 bits per heavy atom. The Hall–Kier alpha value is -2.78. The minimum Gasteiger partial charge on any atom is -0.303 e. The molecule has 1 N–H and O–H groups in total. The number of rotatable bonds is 7. The number of carbonyl (C=O) groups is 2. The molecule has 0 atom stereocenters. The molecule has 1 heterocycles. The van der Waals surface area contributed by atoms with Crippen LogP contribution in [0, 0.1) is 13.8 Å². The van der Waals surface area contributed by atoms with Gasteiger partial charge < -0.3 is 4.90 Å². The fourth-order valence-corrected chi connectivity index (χ4v) is 5.58. The van der Waals surface area contributed by atoms with E-state index in [0.29, 0.717) is 18.0 Å². The molecule has 1 aliphatic heterocycles. The third-order valence-electron chi connectivity index (χ3n) is 6.70. The second-order valence-electron chi connectivity index (χ2n) is 9.23. The van der Waals surface area contributed by atoms with Crippen LogP contribution in [0.3, 0.4) is 0 Å². The topological polar surface area (TPSA) is 86.8 Å². The van der Waals surface area contributed by atoms with Gasteiger partial charge in [-0.1, -0.05) is 18.2 Å². The summed E-state index contributed by atoms with van der Waals surface area (Å²) in [5.74, 6) is -0.466. The van der Waals surface area contributed by atoms with E-state index in [1.54, 1.807) is 4.90 Å². The average Bonchev–Trinajstić information content (AvgIpc) is 2.96. The third kappa shape index (κ3) is 4.59. The number of thiocarbonyl (C=S) groups is 1. The second kappa shape index (κ2) is 9.11. The van der Waals surface area contributed by atoms with E-state index in [0.717, 1.165) is 48.0 Å². The first-order valence-corrected chi connectivity index (χ1v) is 13.7. The van der Waals surface area contributed by atoms with Crippen molar-refractivity contribution in [1.82, 2.24) is 4.72 Å². The first kappa shape index (κ1) is 24.3. The summed E-state index contributed by atoms with van der Waals surface area (Å²) in [5, 5.41) is 0.498. The molecular formula is C25H29N3O4S2. The zero-order chi connectivity index (χ0) is 24.7. The van der Waals surface area contributed by atoms with Crippen LogP contribution in [0.1, 0.15) is 48.8 Å². The predicted molar refractivity (Wildman–Crippen MR) is 137 cm³/mol. The molecule has 9 heteroatoms. The van der Waals surface area contributed by atoms with Gasteiger partial charge in [0.25, 0.3) is 5.91 Å². The number of nitrogens with zero attached hydrogens (tertiary/aromatic N) is 2. The van der Waals surface area contributed by atoms with Crippen LogP contribution in [0.2, 0.25) is 0 Å². The fourth-order valence-electron chi connectivity index (χ4n) is 4.60. The summed E-state index contributed by atoms with van der Waals surface area (Å²) in [4.78, 5) is 29.0. The number of amides is 2. The van der Waals surface area contributed by atoms with Crippen LogP contribution in [-0.2, 0) is 26.0 Å². The third-order valence-corrected chi connectivity index (χ3v) is 7.67. The van der Waals surface area contributed by atoms with Gasteiger partial charge >= 0.3 is 0 Å². The molecule has 1 saturated carbocycles. The lowest BCUT2D eigenvalue weighted by Gasteiger charge is -2.43. The number of hydrogen-bond acceptors (Lipinski definition) is 5. The number of carbonyl (C=O) groups excluding carboxylic acids is 2. The maximum atomic E-state index is 13.6. The first-order chi connectivity index (χ1) is 16.0. The van der Waals surface area contributed by atoms with Gasteiger partial charge in [-0.05, 0) is 99.1 Å². The Morgan fingerprint density at radius 3 is 2.26 bits per heavy atom. The van der Waals surface area contributed by atoms with Crippen LogP contribution in [0.4, 0.5) is 11.4 Å². The number of hydrogen-bond donors (Lipinski definition) is 1. The maximum Gasteiger partial charge on any atom is 0.259 e. The minimum atomic E-state index is -3.53. The molecule has 2 aromatic carbocycles. The van der Waals surface area contributed by atoms with E-state index >= 15 is 0 Å². The smallest absolute Gasteiger partial charge is 0.259 e. The maximum absolute atomic E-state index is 13.6. The van der Waals surface area contributed by atoms with Gasteiger partial charge in [0.2, 0.25) is 15.9 Å². The zero-order valence-corrected chi connectivity index (χ0v) is 21.3. The summed E-state index contributed by atoms with van der Waals surface area (Å²) in [6, 6.07) is 13.9. The van der Waals surface area contributed by atoms with Gasteiger partial charge in [0.15, 0.2) is 5.11 Å². The van der Waals surface area contributed by atoms with Crippen molar-refractivity contribution in [2.45, 2.75) is 57.9 Å². The monoisotopic (exact) mass is 499 g/mol. The predicted octanol–water partition coefficient (Wildman–Crippen LogP) is 3.76. The van der Waals surface area contributed by atoms with Crippen molar-refractivity contribution >= 4 is 50.5 Å². The van der Waals surface area contributed by atoms with Crippen LogP contribution in [0.15, 0.2) is 42.5 Å². The molecule has 180 valence electrons. The van der Waals surface area contributed by atoms with E-state index in [1.165, 1.54) is 5.56 Å². The van der Waals surface area contributed by atoms with Gasteiger partial charge in [0, 0.05) is 12.1 Å². The summed E-state index contributed by atoms with van der Waals surface area (Å²) in [6.07, 6.45) is 4.79. The van der Waals surface area contributed by atoms with Crippen molar-refractivity contribution < 1.29 is 18.0 Å². The first-order valence-electron chi connectivity index (χ1n) is 11.4. The highest BCUT2D eigenvalue weighted by Gasteiger charge is 2.59. The van der Waals surface area contributed by atoms with Crippen molar-refractivity contribution in [1.29, 1.82) is 0 Å². The molecule has 2 aromatic rings. The Morgan fingerprint density at radius 2 is 1.71 bits per heavy atom. The van der Waals surface area contributed by atoms with Crippen LogP contribution in [0.5, 0.6) is 0 Å². The summed E-state index contributed by atoms with van der Waals surface area (Å²) in [6.45, 7) is 4.07. The van der Waals surface area contributed by atoms with Gasteiger partial charge in [0.1, 0.15) is 5.54 Å². The molecule has 1 spiro atoms. The molecule has 0 unspecified atom stereocenters. The molecule has 0 aromatic heterocycles. The van der Waals surface area contributed by atoms with Crippen molar-refractivity contribution in [3.05, 3.63) is 59.2 Å². The highest BCUT2D eigenvalue weighted by Crippen LogP contribution is 2.47. The van der Waals surface area contributed by atoms with Crippen molar-refractivity contribution in [2.75, 3.05) is 16.1 Å². The molecule has 0 bridgehead atoms. The standard InChI is InChI=1S/C25H29N3O4S2/c1-17-8-11-21(16-18(17)2)27-23(30)25(14-5-15-25)28(24(27)33)20-12-9-19(10-13-20)6-4-7-22(29)26-34(3,31)32/h8-13,16H,4-7,14-15H2,1-3H3,(H,26,29). The molecule has 0 radical (unpaired) electrons. The van der Waals surface area contributed by atoms with E-state index in [9.17, 15) is 18.0 Å². The van der Waals surface area contributed by atoms with E-state index in [-0.39, 0.29) is 12.3 Å². The molecule has 2 amide bonds. The lowest BCUT2D eigenvalue weighted by molar-refractivity contribution is -0.124. The highest BCUT2D eigenvalue weighted by atomic mass is 32.2. The quantitative estimate of drug-likeness (QED) is 0.584. The normalized spacial score (nSPS) is 17.3. The zero-order valence-electron chi connectivity index (χ0n) is 19.6. The molecule has 2 fully saturated rings. The van der Waals surface area contributed by atoms with E-state index in [4.69, 9.17) is 12.2 Å². The van der Waals surface area contributed by atoms with Crippen LogP contribution < -0.4 is 14.5 Å². The van der Waals surface area contributed by atoms with Gasteiger partial charge in [-0.25, -0.2) is 8.42 Å². The largest absolute Gasteiger partial charge is 0.303 e. The second-order valence-corrected chi connectivity index (χ2v) is 11.3. The molecule has 7 nitrogen and oxygen atoms in total. The fraction of sp³-hybridized carbons (Fsp3) is 0.400. The Labute approximate surface area is 206 Å². The summed E-state index contributed by atoms with van der Waals surface area (Å²) in [7, 11) is -3.53. The summed E-state index contributed by atoms with van der Waals surface area (Å²) in [5.41, 5.74) is 4.37. The van der Waals surface area contributed by atoms with Crippen LogP contribution >= 0.6 is 12.2 Å². The minimum absolute atomic E-state index is 0.0352. The lowest BCUT2D eigenvalue weighted by atomic mass is 9.75. The Balaban J connectivity index is 1.50. The number of sulfonamides is 1. The lowest BCUT2D eigenvalue weighted by Crippen LogP contribution is -2.55. The van der Waals surface area contributed by atoms with Crippen molar-refractivity contribution in [3.8, 4) is 0 Å². The molecule has 4 rings (SSSR count). The molecule has 34 heavy (non-hydrogen) atoms. The molecular weight excluding hydrogens is 470 g/mol. The average molecular weight is 500 g/mol. The Kier molecular flexibility index (Phi) is 6.52. The van der Waals surface area contributed by atoms with Crippen molar-refractivity contribution in [3.63, 3.8) is 0 Å². The van der Waals surface area contributed by atoms with E-state index < -0.39 is 21.5 Å². The van der Waals surface area contributed by atoms with Gasteiger partial charge in [-0.2, -0.15) is 0 Å². The SMILES string of the molecule is Cc1ccc(N2C(=O)C3(CCC3)N(c3ccc(CCCC(=O)NS(C)(=O)=O)cc3)C2=S)cc1C. The molecule has 1 aliphatic carbocycles. The number of anilines is 2. The Bertz CT molecular complexity index is 1250.